The molecule has 27 heavy (non-hydrogen) atoms. The summed E-state index contributed by atoms with van der Waals surface area (Å²) in [5, 5.41) is 1.87. The van der Waals surface area contributed by atoms with Gasteiger partial charge in [-0.1, -0.05) is 23.7 Å². The third-order valence-corrected chi connectivity index (χ3v) is 7.13. The fraction of sp³-hybridized carbons (Fsp3) is 0.524. The third kappa shape index (κ3) is 4.20. The van der Waals surface area contributed by atoms with Gasteiger partial charge in [-0.2, -0.15) is 0 Å². The molecule has 2 saturated heterocycles. The van der Waals surface area contributed by atoms with E-state index in [1.807, 2.05) is 30.5 Å². The van der Waals surface area contributed by atoms with Crippen LogP contribution in [0.5, 0.6) is 0 Å². The molecule has 2 aromatic rings. The van der Waals surface area contributed by atoms with Crippen LogP contribution in [-0.4, -0.2) is 45.9 Å². The number of nitrogens with zero attached hydrogens (tertiary/aromatic N) is 3. The van der Waals surface area contributed by atoms with E-state index in [9.17, 15) is 4.79 Å². The van der Waals surface area contributed by atoms with Gasteiger partial charge in [-0.3, -0.25) is 9.69 Å². The molecule has 1 unspecified atom stereocenters. The fourth-order valence-corrected chi connectivity index (χ4v) is 5.28. The van der Waals surface area contributed by atoms with Crippen molar-refractivity contribution in [1.82, 2.24) is 14.8 Å². The summed E-state index contributed by atoms with van der Waals surface area (Å²) in [5.74, 6) is 0.282. The summed E-state index contributed by atoms with van der Waals surface area (Å²) in [6.45, 7) is 5.93. The van der Waals surface area contributed by atoms with Gasteiger partial charge in [0.15, 0.2) is 0 Å². The molecule has 2 aliphatic rings. The van der Waals surface area contributed by atoms with Gasteiger partial charge in [-0.15, -0.1) is 11.3 Å². The topological polar surface area (TPSA) is 36.4 Å². The van der Waals surface area contributed by atoms with Crippen LogP contribution in [0.3, 0.4) is 0 Å². The summed E-state index contributed by atoms with van der Waals surface area (Å²) in [6, 6.07) is 7.81. The van der Waals surface area contributed by atoms with E-state index >= 15 is 0 Å². The van der Waals surface area contributed by atoms with E-state index in [0.29, 0.717) is 6.42 Å². The molecule has 144 valence electrons. The number of carbonyl (C=O) groups excluding carboxylic acids is 1. The first-order chi connectivity index (χ1) is 13.0. The first-order valence-corrected chi connectivity index (χ1v) is 10.9. The molecule has 1 amide bonds. The lowest BCUT2D eigenvalue weighted by Gasteiger charge is -2.57. The Labute approximate surface area is 170 Å². The standard InChI is InChI=1S/C21H26ClN3OS/c1-16-23-13-19(27-16)14-25-12-10-21(25)9-2-11-24(15-21)20(26)8-5-17-3-6-18(22)7-4-17/h3-4,6-7,13H,2,5,8-12,14-15H2,1H3. The van der Waals surface area contributed by atoms with E-state index < -0.39 is 0 Å². The lowest BCUT2D eigenvalue weighted by atomic mass is 9.77. The number of hydrogen-bond acceptors (Lipinski definition) is 4. The summed E-state index contributed by atoms with van der Waals surface area (Å²) >= 11 is 7.72. The third-order valence-electron chi connectivity index (χ3n) is 5.98. The number of likely N-dealkylation sites (tertiary alicyclic amines) is 2. The normalized spacial score (nSPS) is 22.8. The highest BCUT2D eigenvalue weighted by atomic mass is 35.5. The Bertz CT molecular complexity index is 806. The molecule has 0 saturated carbocycles. The smallest absolute Gasteiger partial charge is 0.222 e. The number of benzene rings is 1. The van der Waals surface area contributed by atoms with Gasteiger partial charge in [0.05, 0.1) is 5.01 Å². The Morgan fingerprint density at radius 1 is 1.26 bits per heavy atom. The van der Waals surface area contributed by atoms with Gasteiger partial charge in [-0.25, -0.2) is 4.98 Å². The molecule has 2 fully saturated rings. The first kappa shape index (κ1) is 18.9. The second-order valence-corrected chi connectivity index (χ2v) is 9.54. The van der Waals surface area contributed by atoms with Crippen LogP contribution in [0.15, 0.2) is 30.5 Å². The molecule has 0 radical (unpaired) electrons. The van der Waals surface area contributed by atoms with E-state index in [1.165, 1.54) is 23.3 Å². The summed E-state index contributed by atoms with van der Waals surface area (Å²) < 4.78 is 0. The highest BCUT2D eigenvalue weighted by Gasteiger charge is 2.47. The molecule has 0 bridgehead atoms. The van der Waals surface area contributed by atoms with E-state index in [4.69, 9.17) is 11.6 Å². The summed E-state index contributed by atoms with van der Waals surface area (Å²) in [4.78, 5) is 23.2. The van der Waals surface area contributed by atoms with Crippen LogP contribution in [-0.2, 0) is 17.8 Å². The molecule has 1 atom stereocenters. The van der Waals surface area contributed by atoms with Crippen molar-refractivity contribution in [1.29, 1.82) is 0 Å². The van der Waals surface area contributed by atoms with Crippen LogP contribution in [0.25, 0.3) is 0 Å². The summed E-state index contributed by atoms with van der Waals surface area (Å²) in [5.41, 5.74) is 1.36. The number of amides is 1. The molecule has 1 aromatic heterocycles. The lowest BCUT2D eigenvalue weighted by Crippen LogP contribution is -2.66. The Kier molecular flexibility index (Phi) is 5.53. The van der Waals surface area contributed by atoms with Crippen LogP contribution in [0.4, 0.5) is 0 Å². The number of halogens is 1. The van der Waals surface area contributed by atoms with Crippen molar-refractivity contribution in [2.24, 2.45) is 0 Å². The minimum Gasteiger partial charge on any atom is -0.341 e. The molecule has 4 rings (SSSR count). The number of thiazole rings is 1. The molecule has 3 heterocycles. The van der Waals surface area contributed by atoms with Crippen LogP contribution in [0, 0.1) is 6.92 Å². The maximum absolute atomic E-state index is 12.8. The second-order valence-electron chi connectivity index (χ2n) is 7.79. The maximum atomic E-state index is 12.8. The zero-order chi connectivity index (χ0) is 18.9. The molecule has 0 aliphatic carbocycles. The number of piperidine rings is 1. The van der Waals surface area contributed by atoms with Gasteiger partial charge in [-0.05, 0) is 50.3 Å². The zero-order valence-electron chi connectivity index (χ0n) is 15.8. The predicted molar refractivity (Wildman–Crippen MR) is 110 cm³/mol. The molecule has 0 N–H and O–H groups in total. The van der Waals surface area contributed by atoms with Gasteiger partial charge >= 0.3 is 0 Å². The highest BCUT2D eigenvalue weighted by Crippen LogP contribution is 2.40. The van der Waals surface area contributed by atoms with Crippen molar-refractivity contribution in [3.05, 3.63) is 50.9 Å². The second kappa shape index (κ2) is 7.90. The minimum absolute atomic E-state index is 0.187. The average molecular weight is 404 g/mol. The van der Waals surface area contributed by atoms with Crippen molar-refractivity contribution < 1.29 is 4.79 Å². The molecule has 4 nitrogen and oxygen atoms in total. The van der Waals surface area contributed by atoms with Gasteiger partial charge in [0, 0.05) is 54.2 Å². The number of aromatic nitrogens is 1. The van der Waals surface area contributed by atoms with Crippen molar-refractivity contribution in [2.45, 2.75) is 51.1 Å². The number of carbonyl (C=O) groups is 1. The lowest BCUT2D eigenvalue weighted by molar-refractivity contribution is -0.140. The monoisotopic (exact) mass is 403 g/mol. The van der Waals surface area contributed by atoms with Crippen LogP contribution in [0.2, 0.25) is 5.02 Å². The van der Waals surface area contributed by atoms with Gasteiger partial charge in [0.2, 0.25) is 5.91 Å². The van der Waals surface area contributed by atoms with Gasteiger partial charge < -0.3 is 4.90 Å². The number of aryl methyl sites for hydroxylation is 2. The van der Waals surface area contributed by atoms with Crippen LogP contribution >= 0.6 is 22.9 Å². The van der Waals surface area contributed by atoms with E-state index in [-0.39, 0.29) is 11.4 Å². The summed E-state index contributed by atoms with van der Waals surface area (Å²) in [7, 11) is 0. The first-order valence-electron chi connectivity index (χ1n) is 9.73. The minimum atomic E-state index is 0.187. The average Bonchev–Trinajstić information content (AvgIpc) is 3.10. The largest absolute Gasteiger partial charge is 0.341 e. The quantitative estimate of drug-likeness (QED) is 0.746. The fourth-order valence-electron chi connectivity index (χ4n) is 4.35. The SMILES string of the molecule is Cc1ncc(CN2CCC23CCCN(C(=O)CCc2ccc(Cl)cc2)C3)s1. The van der Waals surface area contributed by atoms with Crippen molar-refractivity contribution >= 4 is 28.8 Å². The van der Waals surface area contributed by atoms with E-state index in [2.05, 4.69) is 21.7 Å². The maximum Gasteiger partial charge on any atom is 0.222 e. The highest BCUT2D eigenvalue weighted by molar-refractivity contribution is 7.11. The Morgan fingerprint density at radius 3 is 2.74 bits per heavy atom. The molecule has 2 aliphatic heterocycles. The Balaban J connectivity index is 1.34. The molecule has 1 spiro atoms. The van der Waals surface area contributed by atoms with E-state index in [1.54, 1.807) is 11.3 Å². The van der Waals surface area contributed by atoms with Crippen molar-refractivity contribution in [2.75, 3.05) is 19.6 Å². The summed E-state index contributed by atoms with van der Waals surface area (Å²) in [6.07, 6.45) is 6.86. The molecule has 1 aromatic carbocycles. The molecular weight excluding hydrogens is 378 g/mol. The van der Waals surface area contributed by atoms with Crippen molar-refractivity contribution in [3.63, 3.8) is 0 Å². The zero-order valence-corrected chi connectivity index (χ0v) is 17.4. The van der Waals surface area contributed by atoms with Crippen LogP contribution < -0.4 is 0 Å². The van der Waals surface area contributed by atoms with Crippen LogP contribution in [0.1, 0.15) is 41.1 Å². The Morgan fingerprint density at radius 2 is 2.07 bits per heavy atom. The number of rotatable bonds is 5. The predicted octanol–water partition coefficient (Wildman–Crippen LogP) is 4.30. The van der Waals surface area contributed by atoms with Crippen molar-refractivity contribution in [3.8, 4) is 0 Å². The number of hydrogen-bond donors (Lipinski definition) is 0. The molecular formula is C21H26ClN3OS. The molecule has 6 heteroatoms. The van der Waals surface area contributed by atoms with Gasteiger partial charge in [0.25, 0.3) is 0 Å². The Hall–Kier alpha value is -1.43. The van der Waals surface area contributed by atoms with Gasteiger partial charge in [0.1, 0.15) is 0 Å². The van der Waals surface area contributed by atoms with E-state index in [0.717, 1.165) is 49.1 Å².